The fourth-order valence-corrected chi connectivity index (χ4v) is 6.34. The lowest BCUT2D eigenvalue weighted by Gasteiger charge is -2.18. The van der Waals surface area contributed by atoms with Crippen molar-refractivity contribution in [2.24, 2.45) is 0 Å². The van der Waals surface area contributed by atoms with E-state index in [-0.39, 0.29) is 37.5 Å². The van der Waals surface area contributed by atoms with E-state index in [1.807, 2.05) is 0 Å². The van der Waals surface area contributed by atoms with Crippen molar-refractivity contribution in [1.82, 2.24) is 0 Å². The van der Waals surface area contributed by atoms with Crippen LogP contribution in [0.5, 0.6) is 0 Å². The lowest BCUT2D eigenvalue weighted by molar-refractivity contribution is -0.167. The summed E-state index contributed by atoms with van der Waals surface area (Å²) in [4.78, 5) is 37.9. The minimum atomic E-state index is -0.812. The zero-order valence-electron chi connectivity index (χ0n) is 39.8. The second-order valence-corrected chi connectivity index (χ2v) is 16.0. The lowest BCUT2D eigenvalue weighted by Crippen LogP contribution is -2.30. The molecule has 0 rings (SSSR count). The summed E-state index contributed by atoms with van der Waals surface area (Å²) in [5.74, 6) is -0.991. The molecule has 0 aliphatic heterocycles. The van der Waals surface area contributed by atoms with E-state index in [4.69, 9.17) is 14.2 Å². The van der Waals surface area contributed by atoms with Crippen molar-refractivity contribution >= 4 is 17.9 Å². The van der Waals surface area contributed by atoms with Gasteiger partial charge in [-0.2, -0.15) is 0 Å². The van der Waals surface area contributed by atoms with E-state index in [1.165, 1.54) is 44.9 Å². The van der Waals surface area contributed by atoms with Crippen LogP contribution in [0, 0.1) is 0 Å². The van der Waals surface area contributed by atoms with Gasteiger partial charge in [0.05, 0.1) is 0 Å². The van der Waals surface area contributed by atoms with Crippen LogP contribution in [0.3, 0.4) is 0 Å². The number of hydrogen-bond donors (Lipinski definition) is 0. The maximum absolute atomic E-state index is 12.8. The SMILES string of the molecule is CC/C=C\C/C=C\C/C=C\C/C=C\C/C=C\CCCCCC(=O)OC[C@@H](COC(=O)CCCCCCCCCCCC)OC(=O)CCCC/C=C\C/C=C\C/C=C\C/C=C\CC. The monoisotopic (exact) mass is 859 g/mol. The minimum Gasteiger partial charge on any atom is -0.462 e. The van der Waals surface area contributed by atoms with Crippen LogP contribution in [0.25, 0.3) is 0 Å². The molecule has 62 heavy (non-hydrogen) atoms. The van der Waals surface area contributed by atoms with Crippen LogP contribution in [-0.4, -0.2) is 37.2 Å². The molecule has 0 aliphatic rings. The molecule has 6 heteroatoms. The Kier molecular flexibility index (Phi) is 46.6. The standard InChI is InChI=1S/C56H90O6/c1-4-7-10-13-16-19-22-24-26-27-28-29-31-32-34-37-40-43-46-49-55(58)61-52-53(51-60-54(57)48-45-42-39-36-21-18-15-12-9-6-3)62-56(59)50-47-44-41-38-35-33-30-25-23-20-17-14-11-8-5-2/h7-8,10-11,16-17,19-20,24-26,28-30,32,34-35,38,53H,4-6,9,12-15,18,21-23,27,31,33,36-37,39-52H2,1-3H3/b10-7-,11-8-,19-16-,20-17-,26-24-,29-28-,30-25-,34-32-,38-35-/t53-/m1/s1. The molecule has 0 heterocycles. The number of ether oxygens (including phenoxy) is 3. The molecule has 0 aromatic carbocycles. The topological polar surface area (TPSA) is 78.9 Å². The van der Waals surface area contributed by atoms with Crippen LogP contribution < -0.4 is 0 Å². The number of carbonyl (C=O) groups excluding carboxylic acids is 3. The summed E-state index contributed by atoms with van der Waals surface area (Å²) in [7, 11) is 0. The van der Waals surface area contributed by atoms with Crippen LogP contribution >= 0.6 is 0 Å². The quantitative estimate of drug-likeness (QED) is 0.0263. The van der Waals surface area contributed by atoms with Crippen LogP contribution in [0.2, 0.25) is 0 Å². The summed E-state index contributed by atoms with van der Waals surface area (Å²) < 4.78 is 16.7. The smallest absolute Gasteiger partial charge is 0.306 e. The van der Waals surface area contributed by atoms with Gasteiger partial charge in [-0.15, -0.1) is 0 Å². The summed E-state index contributed by atoms with van der Waals surface area (Å²) in [5, 5.41) is 0. The highest BCUT2D eigenvalue weighted by atomic mass is 16.6. The first-order valence-electron chi connectivity index (χ1n) is 24.9. The van der Waals surface area contributed by atoms with Gasteiger partial charge < -0.3 is 14.2 Å². The Morgan fingerprint density at radius 1 is 0.339 bits per heavy atom. The molecule has 0 fully saturated rings. The third-order valence-corrected chi connectivity index (χ3v) is 10.0. The average Bonchev–Trinajstić information content (AvgIpc) is 3.27. The first-order chi connectivity index (χ1) is 30.5. The van der Waals surface area contributed by atoms with Crippen LogP contribution in [0.4, 0.5) is 0 Å². The number of unbranched alkanes of at least 4 members (excludes halogenated alkanes) is 14. The van der Waals surface area contributed by atoms with Gasteiger partial charge in [-0.3, -0.25) is 14.4 Å². The summed E-state index contributed by atoms with van der Waals surface area (Å²) in [6.45, 7) is 6.31. The van der Waals surface area contributed by atoms with Crippen molar-refractivity contribution in [3.8, 4) is 0 Å². The van der Waals surface area contributed by atoms with Crippen LogP contribution in [-0.2, 0) is 28.6 Å². The average molecular weight is 859 g/mol. The molecule has 0 amide bonds. The number of rotatable bonds is 43. The fourth-order valence-electron chi connectivity index (χ4n) is 6.34. The Balaban J connectivity index is 4.50. The predicted octanol–water partition coefficient (Wildman–Crippen LogP) is 16.4. The molecule has 0 radical (unpaired) electrons. The van der Waals surface area contributed by atoms with Gasteiger partial charge in [0.15, 0.2) is 6.10 Å². The Morgan fingerprint density at radius 2 is 0.629 bits per heavy atom. The van der Waals surface area contributed by atoms with Crippen molar-refractivity contribution < 1.29 is 28.6 Å². The summed E-state index contributed by atoms with van der Waals surface area (Å²) in [6, 6.07) is 0. The van der Waals surface area contributed by atoms with Crippen LogP contribution in [0.1, 0.15) is 207 Å². The highest BCUT2D eigenvalue weighted by Gasteiger charge is 2.19. The molecule has 0 saturated heterocycles. The second-order valence-electron chi connectivity index (χ2n) is 16.0. The van der Waals surface area contributed by atoms with Crippen LogP contribution in [0.15, 0.2) is 109 Å². The third-order valence-electron chi connectivity index (χ3n) is 10.0. The summed E-state index contributed by atoms with van der Waals surface area (Å²) in [6.07, 6.45) is 66.5. The maximum Gasteiger partial charge on any atom is 0.306 e. The van der Waals surface area contributed by atoms with Gasteiger partial charge in [0.1, 0.15) is 13.2 Å². The largest absolute Gasteiger partial charge is 0.462 e. The lowest BCUT2D eigenvalue weighted by atomic mass is 10.1. The van der Waals surface area contributed by atoms with E-state index >= 15 is 0 Å². The van der Waals surface area contributed by atoms with Gasteiger partial charge in [0.25, 0.3) is 0 Å². The maximum atomic E-state index is 12.8. The highest BCUT2D eigenvalue weighted by molar-refractivity contribution is 5.71. The molecular weight excluding hydrogens is 769 g/mol. The van der Waals surface area contributed by atoms with Crippen molar-refractivity contribution in [1.29, 1.82) is 0 Å². The third kappa shape index (κ3) is 47.1. The highest BCUT2D eigenvalue weighted by Crippen LogP contribution is 2.13. The van der Waals surface area contributed by atoms with E-state index in [2.05, 4.69) is 130 Å². The minimum absolute atomic E-state index is 0.106. The fraction of sp³-hybridized carbons (Fsp3) is 0.625. The van der Waals surface area contributed by atoms with Gasteiger partial charge in [0.2, 0.25) is 0 Å². The van der Waals surface area contributed by atoms with Gasteiger partial charge in [-0.25, -0.2) is 0 Å². The molecule has 0 aliphatic carbocycles. The Hall–Kier alpha value is -3.93. The van der Waals surface area contributed by atoms with E-state index in [1.54, 1.807) is 0 Å². The molecule has 6 nitrogen and oxygen atoms in total. The Labute approximate surface area is 380 Å². The summed E-state index contributed by atoms with van der Waals surface area (Å²) >= 11 is 0. The molecule has 0 bridgehead atoms. The van der Waals surface area contributed by atoms with Gasteiger partial charge in [-0.1, -0.05) is 194 Å². The molecule has 350 valence electrons. The Morgan fingerprint density at radius 3 is 1.02 bits per heavy atom. The molecule has 0 spiro atoms. The van der Waals surface area contributed by atoms with E-state index in [9.17, 15) is 14.4 Å². The predicted molar refractivity (Wildman–Crippen MR) is 265 cm³/mol. The van der Waals surface area contributed by atoms with Crippen molar-refractivity contribution in [2.75, 3.05) is 13.2 Å². The molecule has 0 aromatic rings. The van der Waals surface area contributed by atoms with Crippen molar-refractivity contribution in [3.63, 3.8) is 0 Å². The van der Waals surface area contributed by atoms with E-state index in [0.29, 0.717) is 19.3 Å². The molecule has 0 unspecified atom stereocenters. The zero-order chi connectivity index (χ0) is 45.1. The van der Waals surface area contributed by atoms with E-state index in [0.717, 1.165) is 116 Å². The number of esters is 3. The molecule has 0 N–H and O–H groups in total. The second kappa shape index (κ2) is 49.7. The number of allylic oxidation sites excluding steroid dienone is 18. The normalized spacial score (nSPS) is 13.0. The summed E-state index contributed by atoms with van der Waals surface area (Å²) in [5.41, 5.74) is 0. The van der Waals surface area contributed by atoms with Gasteiger partial charge in [-0.05, 0) is 103 Å². The van der Waals surface area contributed by atoms with Gasteiger partial charge >= 0.3 is 17.9 Å². The first-order valence-corrected chi connectivity index (χ1v) is 24.9. The zero-order valence-corrected chi connectivity index (χ0v) is 39.8. The molecule has 0 aromatic heterocycles. The van der Waals surface area contributed by atoms with E-state index < -0.39 is 6.10 Å². The van der Waals surface area contributed by atoms with Crippen molar-refractivity contribution in [3.05, 3.63) is 109 Å². The van der Waals surface area contributed by atoms with Crippen molar-refractivity contribution in [2.45, 2.75) is 213 Å². The molecule has 0 saturated carbocycles. The molecule has 1 atom stereocenters. The Bertz CT molecular complexity index is 1310. The first kappa shape index (κ1) is 58.1. The molecular formula is C56H90O6. The van der Waals surface area contributed by atoms with Gasteiger partial charge in [0, 0.05) is 19.3 Å². The number of hydrogen-bond acceptors (Lipinski definition) is 6. The number of carbonyl (C=O) groups is 3.